The van der Waals surface area contributed by atoms with E-state index in [1.807, 2.05) is 41.8 Å². The smallest absolute Gasteiger partial charge is 0.243 e. The predicted octanol–water partition coefficient (Wildman–Crippen LogP) is 0.0576. The van der Waals surface area contributed by atoms with Crippen LogP contribution in [0.2, 0.25) is 0 Å². The lowest BCUT2D eigenvalue weighted by atomic mass is 10.5. The van der Waals surface area contributed by atoms with Crippen molar-refractivity contribution in [2.45, 2.75) is 26.2 Å². The van der Waals surface area contributed by atoms with E-state index in [4.69, 9.17) is 4.74 Å². The summed E-state index contributed by atoms with van der Waals surface area (Å²) in [5.74, 6) is 0. The number of rotatable bonds is 5. The van der Waals surface area contributed by atoms with Gasteiger partial charge in [0.2, 0.25) is 6.33 Å². The minimum Gasteiger partial charge on any atom is -0.365 e. The molecule has 0 aliphatic rings. The Hall–Kier alpha value is -0.870. The van der Waals surface area contributed by atoms with Crippen molar-refractivity contribution >= 4 is 0 Å². The molecule has 0 saturated heterocycles. The summed E-state index contributed by atoms with van der Waals surface area (Å²) in [5, 5.41) is 9.39. The van der Waals surface area contributed by atoms with Crippen LogP contribution in [0.5, 0.6) is 0 Å². The number of aryl methyl sites for hydroxylation is 1. The van der Waals surface area contributed by atoms with Crippen molar-refractivity contribution in [1.82, 2.24) is 4.57 Å². The van der Waals surface area contributed by atoms with Gasteiger partial charge in [0.25, 0.3) is 0 Å². The maximum Gasteiger partial charge on any atom is 0.243 e. The predicted molar refractivity (Wildman–Crippen MR) is 47.9 cm³/mol. The molecule has 0 amide bonds. The highest BCUT2D eigenvalue weighted by Gasteiger charge is 2.08. The Labute approximate surface area is 78.4 Å². The number of imidazole rings is 1. The van der Waals surface area contributed by atoms with E-state index in [1.165, 1.54) is 0 Å². The highest BCUT2D eigenvalue weighted by atomic mass is 16.6. The summed E-state index contributed by atoms with van der Waals surface area (Å²) in [6.45, 7) is 3.11. The summed E-state index contributed by atoms with van der Waals surface area (Å²) in [5.41, 5.74) is 0. The molecule has 1 aromatic rings. The quantitative estimate of drug-likeness (QED) is 0.520. The molecule has 0 fully saturated rings. The Balaban J connectivity index is 2.31. The fourth-order valence-corrected chi connectivity index (χ4v) is 1.10. The van der Waals surface area contributed by atoms with Crippen molar-refractivity contribution in [3.05, 3.63) is 18.7 Å². The second-order valence-electron chi connectivity index (χ2n) is 3.10. The molecule has 4 nitrogen and oxygen atoms in total. The molecule has 0 saturated carbocycles. The largest absolute Gasteiger partial charge is 0.365 e. The molecule has 0 aliphatic heterocycles. The number of hydrogen-bond acceptors (Lipinski definition) is 2. The summed E-state index contributed by atoms with van der Waals surface area (Å²) in [6.07, 6.45) is 5.95. The van der Waals surface area contributed by atoms with Crippen LogP contribution < -0.4 is 4.57 Å². The fraction of sp³-hybridized carbons (Fsp3) is 0.667. The number of aromatic nitrogens is 2. The highest BCUT2D eigenvalue weighted by Crippen LogP contribution is 1.94. The lowest BCUT2D eigenvalue weighted by Gasteiger charge is -2.07. The van der Waals surface area contributed by atoms with Crippen LogP contribution in [0.4, 0.5) is 0 Å². The molecule has 1 unspecified atom stereocenters. The molecule has 0 spiro atoms. The molecule has 0 bridgehead atoms. The zero-order valence-corrected chi connectivity index (χ0v) is 8.18. The van der Waals surface area contributed by atoms with Gasteiger partial charge in [-0.2, -0.15) is 0 Å². The van der Waals surface area contributed by atoms with Crippen LogP contribution in [0.3, 0.4) is 0 Å². The second kappa shape index (κ2) is 4.99. The average molecular weight is 185 g/mol. The molecule has 1 atom stereocenters. The second-order valence-corrected chi connectivity index (χ2v) is 3.10. The summed E-state index contributed by atoms with van der Waals surface area (Å²) in [4.78, 5) is 0. The Bertz CT molecular complexity index is 248. The van der Waals surface area contributed by atoms with E-state index in [0.717, 1.165) is 6.42 Å². The first-order valence-electron chi connectivity index (χ1n) is 4.53. The molecule has 13 heavy (non-hydrogen) atoms. The molecule has 1 N–H and O–H groups in total. The highest BCUT2D eigenvalue weighted by molar-refractivity contribution is 4.66. The lowest BCUT2D eigenvalue weighted by Crippen LogP contribution is -2.25. The molecule has 0 aliphatic carbocycles. The summed E-state index contributed by atoms with van der Waals surface area (Å²) >= 11 is 0. The molecule has 74 valence electrons. The lowest BCUT2D eigenvalue weighted by molar-refractivity contribution is -0.671. The Kier molecular flexibility index (Phi) is 3.92. The van der Waals surface area contributed by atoms with Gasteiger partial charge in [0.05, 0.1) is 7.05 Å². The maximum atomic E-state index is 9.39. The van der Waals surface area contributed by atoms with Gasteiger partial charge in [0.15, 0.2) is 6.29 Å². The van der Waals surface area contributed by atoms with Crippen molar-refractivity contribution in [1.29, 1.82) is 0 Å². The van der Waals surface area contributed by atoms with Crippen LogP contribution in [-0.4, -0.2) is 22.6 Å². The van der Waals surface area contributed by atoms with Gasteiger partial charge in [-0.05, 0) is 6.42 Å². The van der Waals surface area contributed by atoms with Crippen LogP contribution in [-0.2, 0) is 18.3 Å². The van der Waals surface area contributed by atoms with Gasteiger partial charge in [0, 0.05) is 6.61 Å². The third kappa shape index (κ3) is 3.57. The SMILES string of the molecule is CCCOC(O)Cn1cc[n+](C)c1. The Morgan fingerprint density at radius 1 is 1.62 bits per heavy atom. The van der Waals surface area contributed by atoms with E-state index in [0.29, 0.717) is 13.2 Å². The monoisotopic (exact) mass is 185 g/mol. The Morgan fingerprint density at radius 2 is 2.38 bits per heavy atom. The molecule has 0 aromatic carbocycles. The first-order chi connectivity index (χ1) is 6.22. The van der Waals surface area contributed by atoms with Gasteiger partial charge < -0.3 is 9.84 Å². The summed E-state index contributed by atoms with van der Waals surface area (Å²) in [6, 6.07) is 0. The van der Waals surface area contributed by atoms with E-state index in [-0.39, 0.29) is 0 Å². The summed E-state index contributed by atoms with van der Waals surface area (Å²) < 4.78 is 8.94. The first kappa shape index (κ1) is 10.2. The fourth-order valence-electron chi connectivity index (χ4n) is 1.10. The number of aliphatic hydroxyl groups excluding tert-OH is 1. The number of hydrogen-bond donors (Lipinski definition) is 1. The standard InChI is InChI=1S/C9H17N2O2/c1-3-6-13-9(12)7-11-5-4-10(2)8-11/h4-5,8-9,12H,3,6-7H2,1-2H3/q+1. The van der Waals surface area contributed by atoms with Crippen LogP contribution in [0.1, 0.15) is 13.3 Å². The van der Waals surface area contributed by atoms with Gasteiger partial charge in [-0.15, -0.1) is 0 Å². The Morgan fingerprint density at radius 3 is 2.92 bits per heavy atom. The van der Waals surface area contributed by atoms with Crippen molar-refractivity contribution in [2.24, 2.45) is 7.05 Å². The number of ether oxygens (including phenoxy) is 1. The van der Waals surface area contributed by atoms with Crippen LogP contribution >= 0.6 is 0 Å². The van der Waals surface area contributed by atoms with Gasteiger partial charge in [-0.1, -0.05) is 6.92 Å². The normalized spacial score (nSPS) is 13.2. The maximum absolute atomic E-state index is 9.39. The van der Waals surface area contributed by atoms with Gasteiger partial charge in [-0.3, -0.25) is 0 Å². The minimum absolute atomic E-state index is 0.487. The van der Waals surface area contributed by atoms with Gasteiger partial charge in [-0.25, -0.2) is 9.13 Å². The molecule has 1 aromatic heterocycles. The summed E-state index contributed by atoms with van der Waals surface area (Å²) in [7, 11) is 1.94. The number of nitrogens with zero attached hydrogens (tertiary/aromatic N) is 2. The van der Waals surface area contributed by atoms with Crippen LogP contribution in [0.15, 0.2) is 18.7 Å². The van der Waals surface area contributed by atoms with Crippen molar-refractivity contribution in [2.75, 3.05) is 6.61 Å². The molecular formula is C9H17N2O2+. The van der Waals surface area contributed by atoms with Crippen molar-refractivity contribution in [3.8, 4) is 0 Å². The third-order valence-electron chi connectivity index (χ3n) is 1.71. The van der Waals surface area contributed by atoms with Crippen molar-refractivity contribution in [3.63, 3.8) is 0 Å². The minimum atomic E-state index is -0.702. The van der Waals surface area contributed by atoms with E-state index >= 15 is 0 Å². The molecule has 1 heterocycles. The van der Waals surface area contributed by atoms with E-state index in [2.05, 4.69) is 0 Å². The van der Waals surface area contributed by atoms with Crippen LogP contribution in [0.25, 0.3) is 0 Å². The van der Waals surface area contributed by atoms with Crippen molar-refractivity contribution < 1.29 is 14.4 Å². The number of aliphatic hydroxyl groups is 1. The first-order valence-corrected chi connectivity index (χ1v) is 4.53. The third-order valence-corrected chi connectivity index (χ3v) is 1.71. The van der Waals surface area contributed by atoms with Gasteiger partial charge >= 0.3 is 0 Å². The molecule has 1 rings (SSSR count). The molecular weight excluding hydrogens is 168 g/mol. The van der Waals surface area contributed by atoms with Gasteiger partial charge in [0.1, 0.15) is 18.9 Å². The topological polar surface area (TPSA) is 38.3 Å². The average Bonchev–Trinajstić information content (AvgIpc) is 2.48. The zero-order valence-electron chi connectivity index (χ0n) is 8.18. The molecule has 4 heteroatoms. The van der Waals surface area contributed by atoms with E-state index in [9.17, 15) is 5.11 Å². The van der Waals surface area contributed by atoms with E-state index < -0.39 is 6.29 Å². The molecule has 0 radical (unpaired) electrons. The van der Waals surface area contributed by atoms with Crippen LogP contribution in [0, 0.1) is 0 Å². The van der Waals surface area contributed by atoms with E-state index in [1.54, 1.807) is 0 Å². The zero-order chi connectivity index (χ0) is 9.68.